The van der Waals surface area contributed by atoms with Crippen molar-refractivity contribution in [1.82, 2.24) is 4.90 Å². The van der Waals surface area contributed by atoms with Crippen LogP contribution >= 0.6 is 0 Å². The molecular formula is C14H27NO2. The summed E-state index contributed by atoms with van der Waals surface area (Å²) in [7, 11) is 2.14. The molecule has 0 aromatic carbocycles. The second-order valence-corrected chi connectivity index (χ2v) is 6.55. The molecule has 0 bridgehead atoms. The lowest BCUT2D eigenvalue weighted by Gasteiger charge is -2.42. The Morgan fingerprint density at radius 2 is 2.06 bits per heavy atom. The van der Waals surface area contributed by atoms with Crippen LogP contribution < -0.4 is 0 Å². The van der Waals surface area contributed by atoms with E-state index in [1.54, 1.807) is 0 Å². The molecule has 0 amide bonds. The van der Waals surface area contributed by atoms with Crippen LogP contribution in [0, 0.1) is 11.3 Å². The first kappa shape index (κ1) is 14.5. The molecule has 1 aliphatic rings. The predicted molar refractivity (Wildman–Crippen MR) is 70.1 cm³/mol. The number of carboxylic acids is 1. The van der Waals surface area contributed by atoms with Crippen molar-refractivity contribution in [1.29, 1.82) is 0 Å². The van der Waals surface area contributed by atoms with E-state index in [1.807, 2.05) is 0 Å². The smallest absolute Gasteiger partial charge is 0.303 e. The fourth-order valence-corrected chi connectivity index (χ4v) is 3.29. The Kier molecular flexibility index (Phi) is 4.99. The lowest BCUT2D eigenvalue weighted by Crippen LogP contribution is -2.41. The standard InChI is InChI=1S/C14H27NO2/c1-11-8-12(10-14(2,3)9-11)15(4)7-5-6-13(16)17/h11-12H,5-10H2,1-4H3,(H,16,17). The Balaban J connectivity index is 2.40. The van der Waals surface area contributed by atoms with E-state index < -0.39 is 5.97 Å². The summed E-state index contributed by atoms with van der Waals surface area (Å²) in [5.74, 6) is 0.0985. The number of rotatable bonds is 5. The quantitative estimate of drug-likeness (QED) is 0.804. The third-order valence-electron chi connectivity index (χ3n) is 3.89. The van der Waals surface area contributed by atoms with Gasteiger partial charge in [-0.15, -0.1) is 0 Å². The first-order chi connectivity index (χ1) is 7.80. The van der Waals surface area contributed by atoms with E-state index in [-0.39, 0.29) is 6.42 Å². The van der Waals surface area contributed by atoms with E-state index >= 15 is 0 Å². The third-order valence-corrected chi connectivity index (χ3v) is 3.89. The van der Waals surface area contributed by atoms with Crippen LogP contribution in [0.1, 0.15) is 52.9 Å². The molecule has 100 valence electrons. The molecule has 0 heterocycles. The molecule has 1 fully saturated rings. The topological polar surface area (TPSA) is 40.5 Å². The molecule has 17 heavy (non-hydrogen) atoms. The Morgan fingerprint density at radius 1 is 1.41 bits per heavy atom. The molecule has 2 unspecified atom stereocenters. The maximum Gasteiger partial charge on any atom is 0.303 e. The largest absolute Gasteiger partial charge is 0.481 e. The van der Waals surface area contributed by atoms with Gasteiger partial charge < -0.3 is 10.0 Å². The van der Waals surface area contributed by atoms with Gasteiger partial charge in [-0.25, -0.2) is 0 Å². The molecule has 0 radical (unpaired) electrons. The van der Waals surface area contributed by atoms with Gasteiger partial charge in [0, 0.05) is 12.5 Å². The van der Waals surface area contributed by atoms with Crippen LogP contribution in [0.3, 0.4) is 0 Å². The van der Waals surface area contributed by atoms with Gasteiger partial charge in [-0.05, 0) is 50.6 Å². The van der Waals surface area contributed by atoms with Gasteiger partial charge in [-0.3, -0.25) is 4.79 Å². The monoisotopic (exact) mass is 241 g/mol. The Bertz CT molecular complexity index is 263. The van der Waals surface area contributed by atoms with E-state index in [0.717, 1.165) is 18.9 Å². The van der Waals surface area contributed by atoms with Gasteiger partial charge in [0.1, 0.15) is 0 Å². The summed E-state index contributed by atoms with van der Waals surface area (Å²) in [6, 6.07) is 0.627. The Morgan fingerprint density at radius 3 is 2.59 bits per heavy atom. The fraction of sp³-hybridized carbons (Fsp3) is 0.929. The van der Waals surface area contributed by atoms with Gasteiger partial charge in [-0.2, -0.15) is 0 Å². The molecule has 0 saturated heterocycles. The van der Waals surface area contributed by atoms with E-state index in [2.05, 4.69) is 32.7 Å². The number of carbonyl (C=O) groups is 1. The average Bonchev–Trinajstić information content (AvgIpc) is 2.13. The van der Waals surface area contributed by atoms with Gasteiger partial charge in [0.05, 0.1) is 0 Å². The minimum atomic E-state index is -0.684. The van der Waals surface area contributed by atoms with E-state index in [4.69, 9.17) is 5.11 Å². The first-order valence-corrected chi connectivity index (χ1v) is 6.72. The molecule has 3 nitrogen and oxygen atoms in total. The molecular weight excluding hydrogens is 214 g/mol. The molecule has 1 aliphatic carbocycles. The fourth-order valence-electron chi connectivity index (χ4n) is 3.29. The molecule has 0 spiro atoms. The van der Waals surface area contributed by atoms with Crippen LogP contribution in [0.15, 0.2) is 0 Å². The summed E-state index contributed by atoms with van der Waals surface area (Å²) in [5.41, 5.74) is 0.434. The maximum atomic E-state index is 10.5. The predicted octanol–water partition coefficient (Wildman–Crippen LogP) is 3.00. The van der Waals surface area contributed by atoms with Crippen molar-refractivity contribution in [2.24, 2.45) is 11.3 Å². The Labute approximate surface area is 105 Å². The molecule has 0 aliphatic heterocycles. The van der Waals surface area contributed by atoms with Crippen LogP contribution in [-0.4, -0.2) is 35.6 Å². The minimum Gasteiger partial charge on any atom is -0.481 e. The highest BCUT2D eigenvalue weighted by Gasteiger charge is 2.33. The molecule has 1 rings (SSSR count). The highest BCUT2D eigenvalue weighted by atomic mass is 16.4. The summed E-state index contributed by atoms with van der Waals surface area (Å²) >= 11 is 0. The summed E-state index contributed by atoms with van der Waals surface area (Å²) in [4.78, 5) is 12.9. The second-order valence-electron chi connectivity index (χ2n) is 6.55. The number of carboxylic acid groups (broad SMARTS) is 1. The Hall–Kier alpha value is -0.570. The minimum absolute atomic E-state index is 0.288. The van der Waals surface area contributed by atoms with E-state index in [9.17, 15) is 4.79 Å². The van der Waals surface area contributed by atoms with Crippen molar-refractivity contribution in [3.63, 3.8) is 0 Å². The normalized spacial score (nSPS) is 28.3. The lowest BCUT2D eigenvalue weighted by molar-refractivity contribution is -0.137. The highest BCUT2D eigenvalue weighted by molar-refractivity contribution is 5.66. The number of aliphatic carboxylic acids is 1. The van der Waals surface area contributed by atoms with E-state index in [1.165, 1.54) is 19.3 Å². The number of nitrogens with zero attached hydrogens (tertiary/aromatic N) is 1. The van der Waals surface area contributed by atoms with Crippen LogP contribution in [-0.2, 0) is 4.79 Å². The van der Waals surface area contributed by atoms with Crippen molar-refractivity contribution >= 4 is 5.97 Å². The first-order valence-electron chi connectivity index (χ1n) is 6.72. The summed E-state index contributed by atoms with van der Waals surface area (Å²) < 4.78 is 0. The highest BCUT2D eigenvalue weighted by Crippen LogP contribution is 2.40. The van der Waals surface area contributed by atoms with Crippen molar-refractivity contribution in [2.45, 2.75) is 58.9 Å². The van der Waals surface area contributed by atoms with Gasteiger partial charge in [0.25, 0.3) is 0 Å². The summed E-state index contributed by atoms with van der Waals surface area (Å²) in [6.45, 7) is 7.93. The zero-order valence-corrected chi connectivity index (χ0v) is 11.7. The van der Waals surface area contributed by atoms with Gasteiger partial charge in [0.15, 0.2) is 0 Å². The van der Waals surface area contributed by atoms with Crippen molar-refractivity contribution < 1.29 is 9.90 Å². The molecule has 0 aromatic heterocycles. The van der Waals surface area contributed by atoms with Gasteiger partial charge >= 0.3 is 5.97 Å². The SMILES string of the molecule is CC1CC(N(C)CCCC(=O)O)CC(C)(C)C1. The van der Waals surface area contributed by atoms with E-state index in [0.29, 0.717) is 11.5 Å². The molecule has 1 N–H and O–H groups in total. The van der Waals surface area contributed by atoms with Gasteiger partial charge in [-0.1, -0.05) is 20.8 Å². The zero-order chi connectivity index (χ0) is 13.1. The maximum absolute atomic E-state index is 10.5. The third kappa shape index (κ3) is 5.07. The molecule has 3 heteroatoms. The van der Waals surface area contributed by atoms with Crippen molar-refractivity contribution in [2.75, 3.05) is 13.6 Å². The molecule has 1 saturated carbocycles. The van der Waals surface area contributed by atoms with Gasteiger partial charge in [0.2, 0.25) is 0 Å². The second kappa shape index (κ2) is 5.85. The number of hydrogen-bond acceptors (Lipinski definition) is 2. The molecule has 2 atom stereocenters. The summed E-state index contributed by atoms with van der Waals surface area (Å²) in [6.07, 6.45) is 4.85. The van der Waals surface area contributed by atoms with Crippen LogP contribution in [0.5, 0.6) is 0 Å². The van der Waals surface area contributed by atoms with Crippen molar-refractivity contribution in [3.05, 3.63) is 0 Å². The number of hydrogen-bond donors (Lipinski definition) is 1. The van der Waals surface area contributed by atoms with Crippen LogP contribution in [0.25, 0.3) is 0 Å². The molecule has 0 aromatic rings. The van der Waals surface area contributed by atoms with Crippen LogP contribution in [0.4, 0.5) is 0 Å². The summed E-state index contributed by atoms with van der Waals surface area (Å²) in [5, 5.41) is 8.64. The lowest BCUT2D eigenvalue weighted by atomic mass is 9.70. The average molecular weight is 241 g/mol. The van der Waals surface area contributed by atoms with Crippen LogP contribution in [0.2, 0.25) is 0 Å². The zero-order valence-electron chi connectivity index (χ0n) is 11.7. The van der Waals surface area contributed by atoms with Crippen molar-refractivity contribution in [3.8, 4) is 0 Å².